The van der Waals surface area contributed by atoms with Crippen molar-refractivity contribution in [1.82, 2.24) is 15.3 Å². The molecule has 0 radical (unpaired) electrons. The van der Waals surface area contributed by atoms with Gasteiger partial charge in [-0.05, 0) is 0 Å². The lowest BCUT2D eigenvalue weighted by molar-refractivity contribution is -0.118. The molecule has 0 aliphatic carbocycles. The van der Waals surface area contributed by atoms with Gasteiger partial charge in [0.1, 0.15) is 17.2 Å². The molecule has 0 aromatic carbocycles. The fourth-order valence-electron chi connectivity index (χ4n) is 0.862. The fraction of sp³-hybridized carbons (Fsp3) is 0.375. The third-order valence-corrected chi connectivity index (χ3v) is 1.74. The number of carbonyl (C=O) groups is 1. The van der Waals surface area contributed by atoms with Crippen LogP contribution in [-0.2, 0) is 4.79 Å². The lowest BCUT2D eigenvalue weighted by atomic mass is 10.5. The van der Waals surface area contributed by atoms with Crippen molar-refractivity contribution in [3.8, 4) is 0 Å². The Hall–Kier alpha value is -1.36. The monoisotopic (exact) mass is 214 g/mol. The van der Waals surface area contributed by atoms with Crippen molar-refractivity contribution in [2.75, 3.05) is 18.4 Å². The van der Waals surface area contributed by atoms with Gasteiger partial charge >= 0.3 is 0 Å². The Morgan fingerprint density at radius 2 is 2.36 bits per heavy atom. The Morgan fingerprint density at radius 1 is 1.57 bits per heavy atom. The van der Waals surface area contributed by atoms with E-state index in [4.69, 9.17) is 11.6 Å². The number of nitrogens with zero attached hydrogens (tertiary/aromatic N) is 2. The Labute approximate surface area is 86.9 Å². The van der Waals surface area contributed by atoms with Crippen molar-refractivity contribution in [3.63, 3.8) is 0 Å². The molecule has 0 aliphatic rings. The summed E-state index contributed by atoms with van der Waals surface area (Å²) in [6.07, 6.45) is 2.92. The zero-order valence-electron chi connectivity index (χ0n) is 7.75. The van der Waals surface area contributed by atoms with Crippen molar-refractivity contribution in [2.24, 2.45) is 0 Å². The van der Waals surface area contributed by atoms with Gasteiger partial charge in [0.05, 0.1) is 6.20 Å². The summed E-state index contributed by atoms with van der Waals surface area (Å²) in [5.41, 5.74) is 0. The zero-order valence-corrected chi connectivity index (χ0v) is 8.51. The van der Waals surface area contributed by atoms with Crippen molar-refractivity contribution >= 4 is 23.3 Å². The van der Waals surface area contributed by atoms with Crippen LogP contribution >= 0.6 is 11.6 Å². The number of aromatic nitrogens is 2. The largest absolute Gasteiger partial charge is 0.367 e. The molecule has 76 valence electrons. The highest BCUT2D eigenvalue weighted by atomic mass is 35.5. The van der Waals surface area contributed by atoms with Gasteiger partial charge in [-0.2, -0.15) is 0 Å². The van der Waals surface area contributed by atoms with Crippen molar-refractivity contribution in [1.29, 1.82) is 0 Å². The molecule has 6 heteroatoms. The van der Waals surface area contributed by atoms with Crippen molar-refractivity contribution in [3.05, 3.63) is 17.5 Å². The molecule has 5 nitrogen and oxygen atoms in total. The highest BCUT2D eigenvalue weighted by Gasteiger charge is 1.99. The minimum Gasteiger partial charge on any atom is -0.367 e. The van der Waals surface area contributed by atoms with E-state index in [2.05, 4.69) is 20.6 Å². The zero-order chi connectivity index (χ0) is 10.4. The minimum absolute atomic E-state index is 0.0550. The molecule has 1 amide bonds. The van der Waals surface area contributed by atoms with E-state index in [1.165, 1.54) is 19.4 Å². The molecule has 14 heavy (non-hydrogen) atoms. The van der Waals surface area contributed by atoms with Gasteiger partial charge in [-0.1, -0.05) is 11.6 Å². The number of carbonyl (C=O) groups excluding carboxylic acids is 1. The number of hydrogen-bond acceptors (Lipinski definition) is 4. The first-order valence-electron chi connectivity index (χ1n) is 4.14. The third kappa shape index (κ3) is 3.57. The van der Waals surface area contributed by atoms with E-state index >= 15 is 0 Å². The van der Waals surface area contributed by atoms with Crippen LogP contribution in [0.3, 0.4) is 0 Å². The van der Waals surface area contributed by atoms with E-state index in [1.54, 1.807) is 0 Å². The topological polar surface area (TPSA) is 66.9 Å². The van der Waals surface area contributed by atoms with Gasteiger partial charge in [0.2, 0.25) is 5.91 Å². The molecular formula is C8H11ClN4O. The summed E-state index contributed by atoms with van der Waals surface area (Å²) in [4.78, 5) is 18.2. The van der Waals surface area contributed by atoms with Crippen LogP contribution in [0.5, 0.6) is 0 Å². The molecule has 0 bridgehead atoms. The van der Waals surface area contributed by atoms with Gasteiger partial charge in [-0.3, -0.25) is 4.79 Å². The maximum Gasteiger partial charge on any atom is 0.216 e. The highest BCUT2D eigenvalue weighted by molar-refractivity contribution is 6.32. The number of amides is 1. The van der Waals surface area contributed by atoms with Crippen molar-refractivity contribution < 1.29 is 4.79 Å². The van der Waals surface area contributed by atoms with Gasteiger partial charge in [0.15, 0.2) is 0 Å². The van der Waals surface area contributed by atoms with E-state index in [-0.39, 0.29) is 5.91 Å². The molecule has 0 spiro atoms. The molecule has 0 fully saturated rings. The summed E-state index contributed by atoms with van der Waals surface area (Å²) in [7, 11) is 0. The maximum atomic E-state index is 10.5. The quantitative estimate of drug-likeness (QED) is 0.724. The van der Waals surface area contributed by atoms with Crippen LogP contribution in [0.1, 0.15) is 6.92 Å². The Morgan fingerprint density at radius 3 is 3.00 bits per heavy atom. The normalized spacial score (nSPS) is 9.57. The van der Waals surface area contributed by atoms with Crippen molar-refractivity contribution in [2.45, 2.75) is 6.92 Å². The molecular weight excluding hydrogens is 204 g/mol. The van der Waals surface area contributed by atoms with Gasteiger partial charge in [-0.25, -0.2) is 9.97 Å². The van der Waals surface area contributed by atoms with E-state index < -0.39 is 0 Å². The maximum absolute atomic E-state index is 10.5. The van der Waals surface area contributed by atoms with Gasteiger partial charge in [0, 0.05) is 20.0 Å². The predicted octanol–water partition coefficient (Wildman–Crippen LogP) is 0.678. The van der Waals surface area contributed by atoms with Gasteiger partial charge in [-0.15, -0.1) is 0 Å². The highest BCUT2D eigenvalue weighted by Crippen LogP contribution is 2.14. The van der Waals surface area contributed by atoms with Crippen LogP contribution in [0.25, 0.3) is 0 Å². The summed E-state index contributed by atoms with van der Waals surface area (Å²) in [6, 6.07) is 0. The second-order valence-electron chi connectivity index (χ2n) is 2.63. The van der Waals surface area contributed by atoms with Crippen LogP contribution in [0.2, 0.25) is 5.02 Å². The molecule has 0 atom stereocenters. The predicted molar refractivity (Wildman–Crippen MR) is 54.2 cm³/mol. The van der Waals surface area contributed by atoms with Gasteiger partial charge < -0.3 is 10.6 Å². The Balaban J connectivity index is 2.31. The molecule has 0 unspecified atom stereocenters. The number of anilines is 1. The second-order valence-corrected chi connectivity index (χ2v) is 3.04. The number of hydrogen-bond donors (Lipinski definition) is 2. The van der Waals surface area contributed by atoms with Crippen LogP contribution < -0.4 is 10.6 Å². The Kier molecular flexibility index (Phi) is 4.12. The number of halogens is 1. The average molecular weight is 215 g/mol. The molecule has 1 heterocycles. The standard InChI is InChI=1S/C8H11ClN4O/c1-6(14)11-2-3-12-8-7(9)4-10-5-13-8/h4-5H,2-3H2,1H3,(H,11,14)(H,10,12,13). The second kappa shape index (κ2) is 5.39. The fourth-order valence-corrected chi connectivity index (χ4v) is 1.03. The molecule has 1 aromatic rings. The molecule has 0 aliphatic heterocycles. The van der Waals surface area contributed by atoms with E-state index in [0.717, 1.165) is 0 Å². The molecule has 1 rings (SSSR count). The Bertz CT molecular complexity index is 318. The first-order chi connectivity index (χ1) is 6.70. The molecule has 0 saturated heterocycles. The van der Waals surface area contributed by atoms with Crippen LogP contribution in [0.15, 0.2) is 12.5 Å². The number of rotatable bonds is 4. The van der Waals surface area contributed by atoms with E-state index in [0.29, 0.717) is 23.9 Å². The lowest BCUT2D eigenvalue weighted by Crippen LogP contribution is -2.26. The number of nitrogens with one attached hydrogen (secondary N) is 2. The summed E-state index contributed by atoms with van der Waals surface area (Å²) in [5, 5.41) is 6.09. The summed E-state index contributed by atoms with van der Waals surface area (Å²) < 4.78 is 0. The molecule has 1 aromatic heterocycles. The third-order valence-electron chi connectivity index (χ3n) is 1.46. The van der Waals surface area contributed by atoms with Crippen LogP contribution in [0.4, 0.5) is 5.82 Å². The molecule has 2 N–H and O–H groups in total. The molecule has 0 saturated carbocycles. The van der Waals surface area contributed by atoms with Crippen LogP contribution in [0, 0.1) is 0 Å². The van der Waals surface area contributed by atoms with Gasteiger partial charge in [0.25, 0.3) is 0 Å². The van der Waals surface area contributed by atoms with E-state index in [1.807, 2.05) is 0 Å². The first kappa shape index (κ1) is 10.7. The van der Waals surface area contributed by atoms with E-state index in [9.17, 15) is 4.79 Å². The smallest absolute Gasteiger partial charge is 0.216 e. The summed E-state index contributed by atoms with van der Waals surface area (Å²) in [6.45, 7) is 2.59. The summed E-state index contributed by atoms with van der Waals surface area (Å²) in [5.74, 6) is 0.521. The minimum atomic E-state index is -0.0550. The SMILES string of the molecule is CC(=O)NCCNc1ncncc1Cl. The first-order valence-corrected chi connectivity index (χ1v) is 4.52. The lowest BCUT2D eigenvalue weighted by Gasteiger charge is -2.06. The summed E-state index contributed by atoms with van der Waals surface area (Å²) >= 11 is 5.79. The van der Waals surface area contributed by atoms with Crippen LogP contribution in [-0.4, -0.2) is 29.0 Å². The average Bonchev–Trinajstić information content (AvgIpc) is 2.15.